The average Bonchev–Trinajstić information content (AvgIpc) is 1.87. The Hall–Kier alpha value is -0.860. The zero-order valence-electron chi connectivity index (χ0n) is 6.72. The Labute approximate surface area is 61.5 Å². The van der Waals surface area contributed by atoms with E-state index >= 15 is 0 Å². The number of hydrogen-bond acceptors (Lipinski definition) is 3. The lowest BCUT2D eigenvalue weighted by atomic mass is 10.3. The summed E-state index contributed by atoms with van der Waals surface area (Å²) in [6.45, 7) is 5.54. The molecule has 0 saturated heterocycles. The molecule has 0 aliphatic heterocycles. The van der Waals surface area contributed by atoms with Gasteiger partial charge in [-0.25, -0.2) is 0 Å². The lowest BCUT2D eigenvalue weighted by Crippen LogP contribution is -2.19. The third-order valence-corrected chi connectivity index (χ3v) is 1.15. The first-order chi connectivity index (χ1) is 4.66. The molecule has 10 heavy (non-hydrogen) atoms. The third kappa shape index (κ3) is 5.28. The van der Waals surface area contributed by atoms with Crippen molar-refractivity contribution in [3.05, 3.63) is 0 Å². The highest BCUT2D eigenvalue weighted by Crippen LogP contribution is 1.85. The molecule has 58 valence electrons. The largest absolute Gasteiger partial charge is 0.307 e. The summed E-state index contributed by atoms with van der Waals surface area (Å²) < 4.78 is 0. The maximum atomic E-state index is 10.3. The predicted molar refractivity (Wildman–Crippen MR) is 42.1 cm³/mol. The van der Waals surface area contributed by atoms with Crippen LogP contribution in [0.15, 0.2) is 5.10 Å². The summed E-state index contributed by atoms with van der Waals surface area (Å²) in [4.78, 5) is 10.3. The molecule has 0 aliphatic rings. The van der Waals surface area contributed by atoms with E-state index in [0.29, 0.717) is 6.04 Å². The first-order valence-electron chi connectivity index (χ1n) is 3.46. The zero-order chi connectivity index (χ0) is 7.98. The average molecular weight is 142 g/mol. The Kier molecular flexibility index (Phi) is 4.54. The van der Waals surface area contributed by atoms with Crippen molar-refractivity contribution in [3.63, 3.8) is 0 Å². The topological polar surface area (TPSA) is 41.5 Å². The van der Waals surface area contributed by atoms with Crippen LogP contribution >= 0.6 is 0 Å². The van der Waals surface area contributed by atoms with Gasteiger partial charge >= 0.3 is 0 Å². The summed E-state index contributed by atoms with van der Waals surface area (Å²) in [7, 11) is 0. The highest BCUT2D eigenvalue weighted by atomic mass is 16.1. The Morgan fingerprint density at radius 3 is 2.80 bits per heavy atom. The second-order valence-corrected chi connectivity index (χ2v) is 2.31. The molecule has 0 aliphatic carbocycles. The molecule has 0 aromatic heterocycles. The van der Waals surface area contributed by atoms with Gasteiger partial charge in [-0.2, -0.15) is 5.10 Å². The molecule has 1 atom stereocenters. The standard InChI is InChI=1S/C7H14N2O/c1-4-6(2)9-8-5-7(3)10/h5-6,9H,4H2,1-3H3. The van der Waals surface area contributed by atoms with E-state index in [1.54, 1.807) is 0 Å². The number of ketones is 1. The number of carbonyl (C=O) groups excluding carboxylic acids is 1. The van der Waals surface area contributed by atoms with Crippen LogP contribution in [-0.4, -0.2) is 18.0 Å². The van der Waals surface area contributed by atoms with Crippen LogP contribution in [0.3, 0.4) is 0 Å². The van der Waals surface area contributed by atoms with Gasteiger partial charge in [0.1, 0.15) is 0 Å². The first-order valence-corrected chi connectivity index (χ1v) is 3.46. The van der Waals surface area contributed by atoms with Gasteiger partial charge in [-0.15, -0.1) is 0 Å². The lowest BCUT2D eigenvalue weighted by molar-refractivity contribution is -0.110. The number of carbonyl (C=O) groups is 1. The van der Waals surface area contributed by atoms with E-state index in [0.717, 1.165) is 6.42 Å². The van der Waals surface area contributed by atoms with Gasteiger partial charge in [0.05, 0.1) is 6.21 Å². The second kappa shape index (κ2) is 4.97. The maximum Gasteiger partial charge on any atom is 0.172 e. The van der Waals surface area contributed by atoms with Gasteiger partial charge in [0.2, 0.25) is 0 Å². The smallest absolute Gasteiger partial charge is 0.172 e. The van der Waals surface area contributed by atoms with Gasteiger partial charge in [-0.3, -0.25) is 4.79 Å². The number of hydrogen-bond donors (Lipinski definition) is 1. The molecule has 0 rings (SSSR count). The van der Waals surface area contributed by atoms with E-state index in [4.69, 9.17) is 0 Å². The Morgan fingerprint density at radius 2 is 2.40 bits per heavy atom. The van der Waals surface area contributed by atoms with Crippen molar-refractivity contribution >= 4 is 12.0 Å². The van der Waals surface area contributed by atoms with Gasteiger partial charge in [-0.1, -0.05) is 6.92 Å². The van der Waals surface area contributed by atoms with Crippen molar-refractivity contribution < 1.29 is 4.79 Å². The van der Waals surface area contributed by atoms with E-state index in [-0.39, 0.29) is 5.78 Å². The molecule has 3 nitrogen and oxygen atoms in total. The summed E-state index contributed by atoms with van der Waals surface area (Å²) in [5.41, 5.74) is 2.81. The summed E-state index contributed by atoms with van der Waals surface area (Å²) in [6, 6.07) is 0.343. The van der Waals surface area contributed by atoms with Crippen LogP contribution < -0.4 is 5.43 Å². The second-order valence-electron chi connectivity index (χ2n) is 2.31. The zero-order valence-corrected chi connectivity index (χ0v) is 6.72. The Morgan fingerprint density at radius 1 is 1.80 bits per heavy atom. The van der Waals surface area contributed by atoms with Crippen molar-refractivity contribution in [1.82, 2.24) is 5.43 Å². The van der Waals surface area contributed by atoms with Gasteiger partial charge < -0.3 is 5.43 Å². The van der Waals surface area contributed by atoms with Crippen LogP contribution in [0, 0.1) is 0 Å². The predicted octanol–water partition coefficient (Wildman–Crippen LogP) is 0.949. The van der Waals surface area contributed by atoms with Crippen molar-refractivity contribution in [1.29, 1.82) is 0 Å². The normalized spacial score (nSPS) is 13.5. The van der Waals surface area contributed by atoms with Gasteiger partial charge in [-0.05, 0) is 13.3 Å². The number of Topliss-reactive ketones (excluding diaryl/α,β-unsaturated/α-hetero) is 1. The third-order valence-electron chi connectivity index (χ3n) is 1.15. The fourth-order valence-electron chi connectivity index (χ4n) is 0.347. The molecule has 3 heteroatoms. The highest BCUT2D eigenvalue weighted by Gasteiger charge is 1.91. The van der Waals surface area contributed by atoms with E-state index in [1.807, 2.05) is 6.92 Å². The van der Waals surface area contributed by atoms with Crippen molar-refractivity contribution in [3.8, 4) is 0 Å². The molecule has 0 fully saturated rings. The number of nitrogens with one attached hydrogen (secondary N) is 1. The molecule has 0 spiro atoms. The van der Waals surface area contributed by atoms with Crippen molar-refractivity contribution in [2.45, 2.75) is 33.2 Å². The minimum atomic E-state index is -0.0317. The van der Waals surface area contributed by atoms with Crippen molar-refractivity contribution in [2.75, 3.05) is 0 Å². The fraction of sp³-hybridized carbons (Fsp3) is 0.714. The molecule has 0 saturated carbocycles. The van der Waals surface area contributed by atoms with Gasteiger partial charge in [0.25, 0.3) is 0 Å². The van der Waals surface area contributed by atoms with Crippen LogP contribution in [0.2, 0.25) is 0 Å². The molecule has 0 aromatic carbocycles. The molecule has 0 bridgehead atoms. The van der Waals surface area contributed by atoms with Crippen LogP contribution in [-0.2, 0) is 4.79 Å². The van der Waals surface area contributed by atoms with Crippen LogP contribution in [0.4, 0.5) is 0 Å². The van der Waals surface area contributed by atoms with Crippen LogP contribution in [0.25, 0.3) is 0 Å². The number of hydrazone groups is 1. The summed E-state index contributed by atoms with van der Waals surface area (Å²) in [5.74, 6) is -0.0317. The molecular formula is C7H14N2O. The van der Waals surface area contributed by atoms with E-state index in [2.05, 4.69) is 17.5 Å². The molecule has 1 N–H and O–H groups in total. The van der Waals surface area contributed by atoms with E-state index in [1.165, 1.54) is 13.1 Å². The number of nitrogens with zero attached hydrogens (tertiary/aromatic N) is 1. The monoisotopic (exact) mass is 142 g/mol. The number of rotatable bonds is 4. The fourth-order valence-corrected chi connectivity index (χ4v) is 0.347. The molecular weight excluding hydrogens is 128 g/mol. The van der Waals surface area contributed by atoms with E-state index in [9.17, 15) is 4.79 Å². The minimum absolute atomic E-state index is 0.0317. The highest BCUT2D eigenvalue weighted by molar-refractivity contribution is 6.26. The Bertz CT molecular complexity index is 132. The summed E-state index contributed by atoms with van der Waals surface area (Å²) in [5, 5.41) is 3.72. The lowest BCUT2D eigenvalue weighted by Gasteiger charge is -2.05. The van der Waals surface area contributed by atoms with Gasteiger partial charge in [0.15, 0.2) is 5.78 Å². The van der Waals surface area contributed by atoms with Crippen LogP contribution in [0.5, 0.6) is 0 Å². The SMILES string of the molecule is CCC(C)NN=CC(C)=O. The van der Waals surface area contributed by atoms with Crippen molar-refractivity contribution in [2.24, 2.45) is 5.10 Å². The maximum absolute atomic E-state index is 10.3. The quantitative estimate of drug-likeness (QED) is 0.469. The summed E-state index contributed by atoms with van der Waals surface area (Å²) >= 11 is 0. The van der Waals surface area contributed by atoms with E-state index < -0.39 is 0 Å². The van der Waals surface area contributed by atoms with Gasteiger partial charge in [0, 0.05) is 13.0 Å². The summed E-state index contributed by atoms with van der Waals surface area (Å²) in [6.07, 6.45) is 2.29. The molecule has 0 aromatic rings. The minimum Gasteiger partial charge on any atom is -0.307 e. The molecule has 0 heterocycles. The molecule has 0 radical (unpaired) electrons. The first kappa shape index (κ1) is 9.14. The molecule has 0 amide bonds. The Balaban J connectivity index is 3.43. The molecule has 1 unspecified atom stereocenters. The van der Waals surface area contributed by atoms with Crippen LogP contribution in [0.1, 0.15) is 27.2 Å².